The monoisotopic (exact) mass is 284 g/mol. The van der Waals surface area contributed by atoms with Crippen molar-refractivity contribution in [3.05, 3.63) is 12.4 Å². The summed E-state index contributed by atoms with van der Waals surface area (Å²) in [6.45, 7) is 2.59. The van der Waals surface area contributed by atoms with Crippen molar-refractivity contribution in [2.75, 3.05) is 29.7 Å². The summed E-state index contributed by atoms with van der Waals surface area (Å²) in [5.74, 6) is 0.255. The Morgan fingerprint density at radius 1 is 1.26 bits per heavy atom. The second-order valence-corrected chi connectivity index (χ2v) is 7.27. The lowest BCUT2D eigenvalue weighted by Gasteiger charge is -2.27. The zero-order chi connectivity index (χ0) is 13.3. The first-order valence-electron chi connectivity index (χ1n) is 6.92. The summed E-state index contributed by atoms with van der Waals surface area (Å²) in [5.41, 5.74) is 0.721. The average molecular weight is 284 g/mol. The van der Waals surface area contributed by atoms with E-state index < -0.39 is 10.0 Å². The van der Waals surface area contributed by atoms with Gasteiger partial charge in [0, 0.05) is 12.7 Å². The average Bonchev–Trinajstić information content (AvgIpc) is 2.88. The van der Waals surface area contributed by atoms with Crippen molar-refractivity contribution in [2.24, 2.45) is 0 Å². The SMILES string of the molecule is O=S1(=O)CCCCN1c1cnn(C2CCNCC2)c1. The lowest BCUT2D eigenvalue weighted by Crippen LogP contribution is -2.37. The quantitative estimate of drug-likeness (QED) is 0.870. The van der Waals surface area contributed by atoms with E-state index in [9.17, 15) is 8.42 Å². The van der Waals surface area contributed by atoms with Crippen LogP contribution in [0.4, 0.5) is 5.69 Å². The molecule has 1 N–H and O–H groups in total. The Balaban J connectivity index is 1.80. The Hall–Kier alpha value is -1.08. The van der Waals surface area contributed by atoms with Gasteiger partial charge in [-0.3, -0.25) is 8.99 Å². The largest absolute Gasteiger partial charge is 0.317 e. The predicted octanol–water partition coefficient (Wildman–Crippen LogP) is 0.738. The van der Waals surface area contributed by atoms with Gasteiger partial charge in [0.25, 0.3) is 0 Å². The van der Waals surface area contributed by atoms with Gasteiger partial charge in [0.1, 0.15) is 0 Å². The molecule has 2 fully saturated rings. The maximum Gasteiger partial charge on any atom is 0.235 e. The Labute approximate surface area is 113 Å². The summed E-state index contributed by atoms with van der Waals surface area (Å²) >= 11 is 0. The summed E-state index contributed by atoms with van der Waals surface area (Å²) in [6.07, 6.45) is 7.37. The third-order valence-corrected chi connectivity index (χ3v) is 5.78. The molecule has 0 saturated carbocycles. The van der Waals surface area contributed by atoms with Gasteiger partial charge in [-0.15, -0.1) is 0 Å². The second kappa shape index (κ2) is 5.13. The van der Waals surface area contributed by atoms with Crippen molar-refractivity contribution in [2.45, 2.75) is 31.7 Å². The minimum absolute atomic E-state index is 0.255. The van der Waals surface area contributed by atoms with Crippen LogP contribution in [0.25, 0.3) is 0 Å². The molecule has 0 aromatic carbocycles. The minimum atomic E-state index is -3.13. The fourth-order valence-electron chi connectivity index (χ4n) is 2.81. The van der Waals surface area contributed by atoms with Crippen LogP contribution in [0.15, 0.2) is 12.4 Å². The lowest BCUT2D eigenvalue weighted by molar-refractivity contribution is 0.343. The maximum absolute atomic E-state index is 12.0. The first-order chi connectivity index (χ1) is 9.17. The molecule has 0 bridgehead atoms. The number of nitrogens with zero attached hydrogens (tertiary/aromatic N) is 3. The van der Waals surface area contributed by atoms with Crippen molar-refractivity contribution in [3.63, 3.8) is 0 Å². The smallest absolute Gasteiger partial charge is 0.235 e. The van der Waals surface area contributed by atoms with Crippen LogP contribution in [0.1, 0.15) is 31.7 Å². The summed E-state index contributed by atoms with van der Waals surface area (Å²) in [7, 11) is -3.13. The van der Waals surface area contributed by atoms with Crippen LogP contribution in [-0.2, 0) is 10.0 Å². The first kappa shape index (κ1) is 12.9. The predicted molar refractivity (Wildman–Crippen MR) is 73.7 cm³/mol. The molecule has 0 atom stereocenters. The molecule has 106 valence electrons. The van der Waals surface area contributed by atoms with Crippen LogP contribution in [0.5, 0.6) is 0 Å². The molecule has 3 rings (SSSR count). The first-order valence-corrected chi connectivity index (χ1v) is 8.53. The zero-order valence-corrected chi connectivity index (χ0v) is 11.8. The van der Waals surface area contributed by atoms with Crippen LogP contribution < -0.4 is 9.62 Å². The Morgan fingerprint density at radius 3 is 2.79 bits per heavy atom. The number of aromatic nitrogens is 2. The fraction of sp³-hybridized carbons (Fsp3) is 0.750. The van der Waals surface area contributed by atoms with E-state index in [2.05, 4.69) is 10.4 Å². The number of rotatable bonds is 2. The normalized spacial score (nSPS) is 24.5. The van der Waals surface area contributed by atoms with Crippen LogP contribution >= 0.6 is 0 Å². The molecule has 0 aliphatic carbocycles. The van der Waals surface area contributed by atoms with E-state index in [-0.39, 0.29) is 5.75 Å². The third kappa shape index (κ3) is 2.62. The number of nitrogens with one attached hydrogen (secondary N) is 1. The van der Waals surface area contributed by atoms with E-state index in [1.807, 2.05) is 10.9 Å². The number of piperidine rings is 1. The van der Waals surface area contributed by atoms with Crippen molar-refractivity contribution >= 4 is 15.7 Å². The second-order valence-electron chi connectivity index (χ2n) is 5.25. The molecule has 1 aromatic heterocycles. The summed E-state index contributed by atoms with van der Waals surface area (Å²) in [6, 6.07) is 0.391. The molecule has 0 spiro atoms. The molecule has 1 aromatic rings. The van der Waals surface area contributed by atoms with Crippen molar-refractivity contribution in [1.82, 2.24) is 15.1 Å². The number of hydrogen-bond donors (Lipinski definition) is 1. The van der Waals surface area contributed by atoms with Gasteiger partial charge in [-0.2, -0.15) is 5.10 Å². The Kier molecular flexibility index (Phi) is 3.49. The van der Waals surface area contributed by atoms with Gasteiger partial charge in [0.15, 0.2) is 0 Å². The molecule has 0 unspecified atom stereocenters. The van der Waals surface area contributed by atoms with E-state index >= 15 is 0 Å². The molecule has 7 heteroatoms. The van der Waals surface area contributed by atoms with E-state index in [0.29, 0.717) is 12.6 Å². The zero-order valence-electron chi connectivity index (χ0n) is 11.0. The lowest BCUT2D eigenvalue weighted by atomic mass is 10.1. The molecule has 2 saturated heterocycles. The molecule has 0 amide bonds. The fourth-order valence-corrected chi connectivity index (χ4v) is 4.42. The van der Waals surface area contributed by atoms with Gasteiger partial charge in [-0.25, -0.2) is 8.42 Å². The van der Waals surface area contributed by atoms with Crippen LogP contribution in [0.2, 0.25) is 0 Å². The van der Waals surface area contributed by atoms with Crippen LogP contribution in [0, 0.1) is 0 Å². The van der Waals surface area contributed by atoms with E-state index in [1.165, 1.54) is 4.31 Å². The van der Waals surface area contributed by atoms with Crippen molar-refractivity contribution in [1.29, 1.82) is 0 Å². The highest BCUT2D eigenvalue weighted by molar-refractivity contribution is 7.92. The Morgan fingerprint density at radius 2 is 2.05 bits per heavy atom. The number of hydrogen-bond acceptors (Lipinski definition) is 4. The topological polar surface area (TPSA) is 67.2 Å². The van der Waals surface area contributed by atoms with E-state index in [4.69, 9.17) is 0 Å². The van der Waals surface area contributed by atoms with E-state index in [1.54, 1.807) is 6.20 Å². The molecule has 2 aliphatic rings. The number of anilines is 1. The van der Waals surface area contributed by atoms with E-state index in [0.717, 1.165) is 44.5 Å². The summed E-state index contributed by atoms with van der Waals surface area (Å²) < 4.78 is 27.5. The van der Waals surface area contributed by atoms with Crippen molar-refractivity contribution < 1.29 is 8.42 Å². The molecule has 3 heterocycles. The van der Waals surface area contributed by atoms with Gasteiger partial charge in [-0.1, -0.05) is 0 Å². The molecular formula is C12H20N4O2S. The van der Waals surface area contributed by atoms with Gasteiger partial charge < -0.3 is 5.32 Å². The molecule has 2 aliphatic heterocycles. The molecule has 19 heavy (non-hydrogen) atoms. The van der Waals surface area contributed by atoms with Crippen molar-refractivity contribution in [3.8, 4) is 0 Å². The van der Waals surface area contributed by atoms with Crippen LogP contribution in [0.3, 0.4) is 0 Å². The molecule has 0 radical (unpaired) electrons. The van der Waals surface area contributed by atoms with Gasteiger partial charge in [0.05, 0.1) is 23.7 Å². The van der Waals surface area contributed by atoms with Gasteiger partial charge >= 0.3 is 0 Å². The minimum Gasteiger partial charge on any atom is -0.317 e. The standard InChI is InChI=1S/C12H20N4O2S/c17-19(18)8-2-1-7-16(19)12-9-14-15(10-12)11-3-5-13-6-4-11/h9-11,13H,1-8H2. The molecular weight excluding hydrogens is 264 g/mol. The number of sulfonamides is 1. The Bertz CT molecular complexity index is 534. The summed E-state index contributed by atoms with van der Waals surface area (Å²) in [4.78, 5) is 0. The maximum atomic E-state index is 12.0. The highest BCUT2D eigenvalue weighted by Gasteiger charge is 2.27. The van der Waals surface area contributed by atoms with Crippen LogP contribution in [-0.4, -0.2) is 43.6 Å². The van der Waals surface area contributed by atoms with Gasteiger partial charge in [-0.05, 0) is 38.8 Å². The highest BCUT2D eigenvalue weighted by Crippen LogP contribution is 2.25. The summed E-state index contributed by atoms with van der Waals surface area (Å²) in [5, 5.41) is 7.68. The third-order valence-electron chi connectivity index (χ3n) is 3.91. The highest BCUT2D eigenvalue weighted by atomic mass is 32.2. The molecule has 6 nitrogen and oxygen atoms in total. The van der Waals surface area contributed by atoms with Gasteiger partial charge in [0.2, 0.25) is 10.0 Å².